The van der Waals surface area contributed by atoms with Gasteiger partial charge in [0, 0.05) is 6.08 Å². The van der Waals surface area contributed by atoms with Crippen LogP contribution in [-0.4, -0.2) is 46.9 Å². The van der Waals surface area contributed by atoms with E-state index in [1.165, 1.54) is 6.92 Å². The highest BCUT2D eigenvalue weighted by atomic mass is 16.3. The number of carbonyl (C=O) groups excluding carboxylic acids is 3. The Morgan fingerprint density at radius 2 is 1.93 bits per heavy atom. The lowest BCUT2D eigenvalue weighted by atomic mass is 9.86. The summed E-state index contributed by atoms with van der Waals surface area (Å²) in [5.74, 6) is 5.26. The number of hydrogen-bond acceptors (Lipinski definition) is 8. The molecule has 0 aliphatic heterocycles. The molecule has 0 aromatic heterocycles. The Bertz CT molecular complexity index is 829. The molecule has 2 rings (SSSR count). The molecule has 1 aromatic carbocycles. The molecule has 1 unspecified atom stereocenters. The summed E-state index contributed by atoms with van der Waals surface area (Å²) in [5.41, 5.74) is 6.84. The Hall–Kier alpha value is -2.68. The molecule has 28 heavy (non-hydrogen) atoms. The van der Waals surface area contributed by atoms with Crippen molar-refractivity contribution in [2.45, 2.75) is 38.6 Å². The summed E-state index contributed by atoms with van der Waals surface area (Å²) in [6, 6.07) is 7.00. The van der Waals surface area contributed by atoms with E-state index in [1.54, 1.807) is 24.3 Å². The second-order valence-electron chi connectivity index (χ2n) is 6.82. The summed E-state index contributed by atoms with van der Waals surface area (Å²) >= 11 is 0. The summed E-state index contributed by atoms with van der Waals surface area (Å²) in [6.07, 6.45) is 1.93. The molecule has 0 fully saturated rings. The highest BCUT2D eigenvalue weighted by Gasteiger charge is 2.29. The van der Waals surface area contributed by atoms with Gasteiger partial charge < -0.3 is 10.8 Å². The van der Waals surface area contributed by atoms with Crippen molar-refractivity contribution in [1.82, 2.24) is 0 Å². The van der Waals surface area contributed by atoms with E-state index in [1.807, 2.05) is 6.92 Å². The predicted molar refractivity (Wildman–Crippen MR) is 107 cm³/mol. The van der Waals surface area contributed by atoms with Gasteiger partial charge >= 0.3 is 0 Å². The van der Waals surface area contributed by atoms with Crippen LogP contribution in [0.5, 0.6) is 0 Å². The second-order valence-corrected chi connectivity index (χ2v) is 6.82. The van der Waals surface area contributed by atoms with Crippen molar-refractivity contribution in [3.05, 3.63) is 41.6 Å². The topological polar surface area (TPSA) is 139 Å². The molecule has 0 spiro atoms. The molecule has 1 aliphatic rings. The van der Waals surface area contributed by atoms with E-state index in [4.69, 9.17) is 16.7 Å². The maximum absolute atomic E-state index is 12.4. The molecule has 8 nitrogen and oxygen atoms in total. The molecule has 0 heterocycles. The van der Waals surface area contributed by atoms with Gasteiger partial charge in [0.1, 0.15) is 11.5 Å². The molecular formula is C20H26N4O4. The second kappa shape index (κ2) is 9.01. The third-order valence-electron chi connectivity index (χ3n) is 4.89. The fourth-order valence-corrected chi connectivity index (χ4v) is 2.92. The Labute approximate surface area is 163 Å². The van der Waals surface area contributed by atoms with Crippen molar-refractivity contribution >= 4 is 28.7 Å². The lowest BCUT2D eigenvalue weighted by molar-refractivity contribution is -0.122. The van der Waals surface area contributed by atoms with Gasteiger partial charge in [-0.15, -0.1) is 0 Å². The molecule has 1 atom stereocenters. The summed E-state index contributed by atoms with van der Waals surface area (Å²) in [7, 11) is 0. The highest BCUT2D eigenvalue weighted by molar-refractivity contribution is 6.50. The van der Waals surface area contributed by atoms with E-state index >= 15 is 0 Å². The Morgan fingerprint density at radius 1 is 1.29 bits per heavy atom. The predicted octanol–water partition coefficient (Wildman–Crippen LogP) is 0.465. The number of aliphatic imine (C=N–C) groups is 1. The van der Waals surface area contributed by atoms with Crippen molar-refractivity contribution in [2.75, 3.05) is 18.2 Å². The van der Waals surface area contributed by atoms with Crippen LogP contribution in [0.1, 0.15) is 32.3 Å². The van der Waals surface area contributed by atoms with Crippen LogP contribution in [-0.2, 0) is 20.8 Å². The van der Waals surface area contributed by atoms with E-state index in [-0.39, 0.29) is 42.5 Å². The molecule has 0 saturated carbocycles. The number of hydrazine groups is 1. The first-order chi connectivity index (χ1) is 13.2. The van der Waals surface area contributed by atoms with Crippen LogP contribution in [0, 0.1) is 0 Å². The van der Waals surface area contributed by atoms with Gasteiger partial charge in [0.15, 0.2) is 5.78 Å². The zero-order chi connectivity index (χ0) is 20.9. The number of hydrogen-bond donors (Lipinski definition) is 3. The van der Waals surface area contributed by atoms with Crippen molar-refractivity contribution in [3.8, 4) is 0 Å². The number of Topliss-reactive ketones (excluding diaryl/α,β-unsaturated/α-hetero) is 2. The van der Waals surface area contributed by atoms with Crippen LogP contribution in [0.4, 0.5) is 5.69 Å². The third kappa shape index (κ3) is 4.78. The van der Waals surface area contributed by atoms with E-state index in [0.29, 0.717) is 18.5 Å². The van der Waals surface area contributed by atoms with Crippen molar-refractivity contribution < 1.29 is 19.5 Å². The van der Waals surface area contributed by atoms with E-state index in [9.17, 15) is 14.4 Å². The van der Waals surface area contributed by atoms with E-state index in [2.05, 4.69) is 4.99 Å². The first kappa shape index (κ1) is 21.6. The van der Waals surface area contributed by atoms with Gasteiger partial charge in [-0.1, -0.05) is 19.1 Å². The van der Waals surface area contributed by atoms with Gasteiger partial charge in [-0.2, -0.15) is 0 Å². The molecular weight excluding hydrogens is 360 g/mol. The zero-order valence-electron chi connectivity index (χ0n) is 16.1. The number of aliphatic hydroxyl groups is 1. The van der Waals surface area contributed by atoms with E-state index in [0.717, 1.165) is 16.6 Å². The number of ketones is 3. The normalized spacial score (nSPS) is 18.0. The van der Waals surface area contributed by atoms with Crippen LogP contribution in [0.25, 0.3) is 0 Å². The average Bonchev–Trinajstić information content (AvgIpc) is 2.68. The molecule has 0 bridgehead atoms. The molecule has 1 aliphatic carbocycles. The summed E-state index contributed by atoms with van der Waals surface area (Å²) in [5, 5.41) is 9.96. The third-order valence-corrected chi connectivity index (χ3v) is 4.89. The summed E-state index contributed by atoms with van der Waals surface area (Å²) in [6.45, 7) is 3.23. The number of nitrogens with zero attached hydrogens (tertiary/aromatic N) is 2. The lowest BCUT2D eigenvalue weighted by Crippen LogP contribution is -2.48. The Kier molecular flexibility index (Phi) is 6.95. The van der Waals surface area contributed by atoms with Gasteiger partial charge in [0.05, 0.1) is 36.5 Å². The summed E-state index contributed by atoms with van der Waals surface area (Å²) in [4.78, 5) is 40.2. The SMILES string of the molecule is CCC(N)(Cc1ccc(N(N)C2=CC(=O)C(=NCCO)CC2=O)cc1)C(C)=O. The molecule has 0 amide bonds. The highest BCUT2D eigenvalue weighted by Crippen LogP contribution is 2.23. The molecule has 8 heteroatoms. The number of anilines is 1. The molecule has 1 aromatic rings. The number of carbonyl (C=O) groups is 3. The monoisotopic (exact) mass is 386 g/mol. The Balaban J connectivity index is 2.19. The minimum atomic E-state index is -0.914. The lowest BCUT2D eigenvalue weighted by Gasteiger charge is -2.26. The minimum absolute atomic E-state index is 0.0744. The Morgan fingerprint density at radius 3 is 2.46 bits per heavy atom. The van der Waals surface area contributed by atoms with Crippen LogP contribution in [0.2, 0.25) is 0 Å². The molecule has 150 valence electrons. The number of rotatable bonds is 8. The number of benzene rings is 1. The maximum atomic E-state index is 12.4. The van der Waals surface area contributed by atoms with Crippen LogP contribution in [0.3, 0.4) is 0 Å². The number of allylic oxidation sites excluding steroid dienone is 2. The van der Waals surface area contributed by atoms with E-state index < -0.39 is 11.3 Å². The van der Waals surface area contributed by atoms with Crippen LogP contribution < -0.4 is 16.6 Å². The minimum Gasteiger partial charge on any atom is -0.394 e. The largest absolute Gasteiger partial charge is 0.394 e. The standard InChI is InChI=1S/C20H26N4O4/c1-3-20(21,13(2)26)12-14-4-6-15(7-5-14)24(22)17-11-18(27)16(10-19(17)28)23-8-9-25/h4-7,11,25H,3,8-10,12,21-22H2,1-2H3. The fourth-order valence-electron chi connectivity index (χ4n) is 2.92. The van der Waals surface area contributed by atoms with Gasteiger partial charge in [0.25, 0.3) is 0 Å². The molecule has 5 N–H and O–H groups in total. The first-order valence-electron chi connectivity index (χ1n) is 9.09. The zero-order valence-corrected chi connectivity index (χ0v) is 16.1. The van der Waals surface area contributed by atoms with Gasteiger partial charge in [-0.3, -0.25) is 24.4 Å². The van der Waals surface area contributed by atoms with Crippen LogP contribution in [0.15, 0.2) is 41.0 Å². The number of nitrogens with two attached hydrogens (primary N) is 2. The smallest absolute Gasteiger partial charge is 0.202 e. The number of aliphatic hydroxyl groups excluding tert-OH is 1. The van der Waals surface area contributed by atoms with Gasteiger partial charge in [-0.25, -0.2) is 5.84 Å². The maximum Gasteiger partial charge on any atom is 0.202 e. The van der Waals surface area contributed by atoms with Crippen molar-refractivity contribution in [2.24, 2.45) is 16.6 Å². The van der Waals surface area contributed by atoms with Crippen molar-refractivity contribution in [1.29, 1.82) is 0 Å². The fraction of sp³-hybridized carbons (Fsp3) is 0.400. The van der Waals surface area contributed by atoms with Crippen molar-refractivity contribution in [3.63, 3.8) is 0 Å². The van der Waals surface area contributed by atoms with Gasteiger partial charge in [0.2, 0.25) is 5.78 Å². The quantitative estimate of drug-likeness (QED) is 0.436. The summed E-state index contributed by atoms with van der Waals surface area (Å²) < 4.78 is 0. The van der Waals surface area contributed by atoms with Crippen LogP contribution >= 0.6 is 0 Å². The van der Waals surface area contributed by atoms with Gasteiger partial charge in [-0.05, 0) is 37.5 Å². The first-order valence-corrected chi connectivity index (χ1v) is 9.09. The molecule has 0 radical (unpaired) electrons. The average molecular weight is 386 g/mol. The molecule has 0 saturated heterocycles.